The number of hydrogen-bond acceptors (Lipinski definition) is 2. The standard InChI is InChI=1S/C9H22NO2/c1-9(2,3)10(4,6-7-11)8-12-5/h11H,6-8H2,1-5H3/q+1. The molecule has 0 rings (SSSR count). The van der Waals surface area contributed by atoms with Gasteiger partial charge in [0.2, 0.25) is 0 Å². The first kappa shape index (κ1) is 11.9. The molecule has 1 unspecified atom stereocenters. The average molecular weight is 176 g/mol. The lowest BCUT2D eigenvalue weighted by Crippen LogP contribution is -2.59. The van der Waals surface area contributed by atoms with E-state index in [1.165, 1.54) is 0 Å². The van der Waals surface area contributed by atoms with Gasteiger partial charge in [-0.3, -0.25) is 4.48 Å². The predicted octanol–water partition coefficient (Wildman–Crippen LogP) is 0.828. The summed E-state index contributed by atoms with van der Waals surface area (Å²) in [5, 5.41) is 8.92. The van der Waals surface area contributed by atoms with Gasteiger partial charge >= 0.3 is 0 Å². The highest BCUT2D eigenvalue weighted by Crippen LogP contribution is 2.20. The van der Waals surface area contributed by atoms with Crippen LogP contribution in [0.4, 0.5) is 0 Å². The number of methoxy groups -OCH3 is 1. The lowest BCUT2D eigenvalue weighted by atomic mass is 10.0. The van der Waals surface area contributed by atoms with Gasteiger partial charge in [-0.15, -0.1) is 0 Å². The van der Waals surface area contributed by atoms with Crippen molar-refractivity contribution >= 4 is 0 Å². The fourth-order valence-corrected chi connectivity index (χ4v) is 1.10. The molecule has 0 spiro atoms. The molecular formula is C9H22NO2+. The molecule has 0 radical (unpaired) electrons. The van der Waals surface area contributed by atoms with E-state index >= 15 is 0 Å². The van der Waals surface area contributed by atoms with E-state index in [0.717, 1.165) is 11.0 Å². The largest absolute Gasteiger partial charge is 0.391 e. The van der Waals surface area contributed by atoms with Crippen molar-refractivity contribution in [2.45, 2.75) is 26.3 Å². The summed E-state index contributed by atoms with van der Waals surface area (Å²) in [7, 11) is 3.79. The topological polar surface area (TPSA) is 29.5 Å². The minimum Gasteiger partial charge on any atom is -0.391 e. The average Bonchev–Trinajstić information content (AvgIpc) is 1.86. The first-order valence-corrected chi connectivity index (χ1v) is 4.32. The van der Waals surface area contributed by atoms with Crippen molar-refractivity contribution in [1.29, 1.82) is 0 Å². The highest BCUT2D eigenvalue weighted by Gasteiger charge is 2.35. The summed E-state index contributed by atoms with van der Waals surface area (Å²) in [6, 6.07) is 0. The Bertz CT molecular complexity index is 123. The van der Waals surface area contributed by atoms with Crippen molar-refractivity contribution < 1.29 is 14.3 Å². The third kappa shape index (κ3) is 2.73. The Morgan fingerprint density at radius 3 is 2.08 bits per heavy atom. The van der Waals surface area contributed by atoms with Crippen molar-refractivity contribution in [3.63, 3.8) is 0 Å². The summed E-state index contributed by atoms with van der Waals surface area (Å²) < 4.78 is 5.88. The predicted molar refractivity (Wildman–Crippen MR) is 49.8 cm³/mol. The Hall–Kier alpha value is -0.120. The van der Waals surface area contributed by atoms with Gasteiger partial charge in [0.05, 0.1) is 19.2 Å². The molecule has 0 aromatic carbocycles. The maximum Gasteiger partial charge on any atom is 0.183 e. The van der Waals surface area contributed by atoms with Crippen LogP contribution in [0.3, 0.4) is 0 Å². The van der Waals surface area contributed by atoms with Crippen molar-refractivity contribution in [3.8, 4) is 0 Å². The minimum absolute atomic E-state index is 0.110. The zero-order valence-electron chi connectivity index (χ0n) is 8.92. The number of aliphatic hydroxyl groups excluding tert-OH is 1. The van der Waals surface area contributed by atoms with E-state index in [1.807, 2.05) is 0 Å². The van der Waals surface area contributed by atoms with E-state index < -0.39 is 0 Å². The molecule has 0 heterocycles. The zero-order valence-corrected chi connectivity index (χ0v) is 8.92. The summed E-state index contributed by atoms with van der Waals surface area (Å²) in [6.45, 7) is 8.05. The molecule has 0 amide bonds. The van der Waals surface area contributed by atoms with Gasteiger partial charge in [0.1, 0.15) is 6.54 Å². The monoisotopic (exact) mass is 176 g/mol. The molecule has 1 atom stereocenters. The number of nitrogens with zero attached hydrogens (tertiary/aromatic N) is 1. The van der Waals surface area contributed by atoms with Crippen LogP contribution in [0, 0.1) is 0 Å². The first-order valence-electron chi connectivity index (χ1n) is 4.32. The molecule has 0 fully saturated rings. The Labute approximate surface area is 75.5 Å². The fourth-order valence-electron chi connectivity index (χ4n) is 1.10. The van der Waals surface area contributed by atoms with Gasteiger partial charge < -0.3 is 9.84 Å². The fraction of sp³-hybridized carbons (Fsp3) is 1.00. The molecule has 3 nitrogen and oxygen atoms in total. The van der Waals surface area contributed by atoms with E-state index in [2.05, 4.69) is 27.8 Å². The third-order valence-corrected chi connectivity index (χ3v) is 2.63. The normalized spacial score (nSPS) is 17.5. The summed E-state index contributed by atoms with van der Waals surface area (Å²) in [5.74, 6) is 0. The van der Waals surface area contributed by atoms with Crippen LogP contribution in [0.5, 0.6) is 0 Å². The Kier molecular flexibility index (Phi) is 4.17. The van der Waals surface area contributed by atoms with E-state index in [1.54, 1.807) is 7.11 Å². The van der Waals surface area contributed by atoms with E-state index in [-0.39, 0.29) is 12.1 Å². The Morgan fingerprint density at radius 1 is 1.33 bits per heavy atom. The molecule has 0 aromatic heterocycles. The van der Waals surface area contributed by atoms with Gasteiger partial charge in [-0.2, -0.15) is 0 Å². The Morgan fingerprint density at radius 2 is 1.83 bits per heavy atom. The highest BCUT2D eigenvalue weighted by atomic mass is 16.5. The molecule has 1 N–H and O–H groups in total. The molecule has 3 heteroatoms. The Balaban J connectivity index is 4.38. The molecule has 0 saturated heterocycles. The summed E-state index contributed by atoms with van der Waals surface area (Å²) >= 11 is 0. The summed E-state index contributed by atoms with van der Waals surface area (Å²) in [4.78, 5) is 0. The van der Waals surface area contributed by atoms with Gasteiger partial charge in [0.15, 0.2) is 6.73 Å². The number of rotatable bonds is 4. The lowest BCUT2D eigenvalue weighted by molar-refractivity contribution is -0.969. The van der Waals surface area contributed by atoms with Gasteiger partial charge in [-0.25, -0.2) is 0 Å². The molecule has 74 valence electrons. The van der Waals surface area contributed by atoms with Gasteiger partial charge in [-0.1, -0.05) is 0 Å². The number of hydrogen-bond donors (Lipinski definition) is 1. The zero-order chi connectivity index (χ0) is 9.83. The second-order valence-electron chi connectivity index (χ2n) is 4.43. The molecule has 0 saturated carbocycles. The van der Waals surface area contributed by atoms with Crippen LogP contribution in [0.15, 0.2) is 0 Å². The lowest BCUT2D eigenvalue weighted by Gasteiger charge is -2.44. The quantitative estimate of drug-likeness (QED) is 0.508. The highest BCUT2D eigenvalue weighted by molar-refractivity contribution is 4.60. The van der Waals surface area contributed by atoms with E-state index in [9.17, 15) is 0 Å². The molecule has 12 heavy (non-hydrogen) atoms. The van der Waals surface area contributed by atoms with Crippen LogP contribution < -0.4 is 0 Å². The second kappa shape index (κ2) is 4.21. The molecule has 0 aliphatic rings. The molecule has 0 bridgehead atoms. The van der Waals surface area contributed by atoms with Gasteiger partial charge in [0, 0.05) is 7.11 Å². The number of aliphatic hydroxyl groups is 1. The van der Waals surface area contributed by atoms with Gasteiger partial charge in [0.25, 0.3) is 0 Å². The van der Waals surface area contributed by atoms with E-state index in [4.69, 9.17) is 9.84 Å². The van der Waals surface area contributed by atoms with Crippen molar-refractivity contribution in [2.75, 3.05) is 34.0 Å². The number of likely N-dealkylation sites (N-methyl/N-ethyl adjacent to an activating group) is 1. The van der Waals surface area contributed by atoms with Crippen LogP contribution in [-0.2, 0) is 4.74 Å². The van der Waals surface area contributed by atoms with Crippen molar-refractivity contribution in [3.05, 3.63) is 0 Å². The molecule has 0 aliphatic carbocycles. The smallest absolute Gasteiger partial charge is 0.183 e. The van der Waals surface area contributed by atoms with Crippen LogP contribution in [0.2, 0.25) is 0 Å². The number of ether oxygens (including phenoxy) is 1. The van der Waals surface area contributed by atoms with Crippen LogP contribution in [0.1, 0.15) is 20.8 Å². The summed E-state index contributed by atoms with van der Waals surface area (Å²) in [6.07, 6.45) is 0. The maximum absolute atomic E-state index is 8.92. The van der Waals surface area contributed by atoms with Crippen molar-refractivity contribution in [2.24, 2.45) is 0 Å². The number of quaternary nitrogens is 1. The van der Waals surface area contributed by atoms with Gasteiger partial charge in [-0.05, 0) is 20.8 Å². The van der Waals surface area contributed by atoms with E-state index in [0.29, 0.717) is 6.73 Å². The molecule has 0 aliphatic heterocycles. The SMILES string of the molecule is COC[N+](C)(CCO)C(C)(C)C. The third-order valence-electron chi connectivity index (χ3n) is 2.63. The van der Waals surface area contributed by atoms with Crippen LogP contribution >= 0.6 is 0 Å². The second-order valence-corrected chi connectivity index (χ2v) is 4.43. The first-order chi connectivity index (χ1) is 5.37. The van der Waals surface area contributed by atoms with Crippen LogP contribution in [0.25, 0.3) is 0 Å². The molecular weight excluding hydrogens is 154 g/mol. The minimum atomic E-state index is 0.110. The molecule has 0 aromatic rings. The summed E-state index contributed by atoms with van der Waals surface area (Å²) in [5.41, 5.74) is 0.110. The van der Waals surface area contributed by atoms with Crippen molar-refractivity contribution in [1.82, 2.24) is 0 Å². The van der Waals surface area contributed by atoms with Crippen LogP contribution in [-0.4, -0.2) is 49.2 Å². The maximum atomic E-state index is 8.92.